The molecule has 102 valence electrons. The number of aryl methyl sites for hydroxylation is 2. The average molecular weight is 252 g/mol. The van der Waals surface area contributed by atoms with E-state index in [4.69, 9.17) is 4.74 Å². The van der Waals surface area contributed by atoms with Gasteiger partial charge in [-0.2, -0.15) is 5.10 Å². The molecule has 1 atom stereocenters. The van der Waals surface area contributed by atoms with Crippen LogP contribution >= 0.6 is 0 Å². The van der Waals surface area contributed by atoms with Crippen molar-refractivity contribution in [3.8, 4) is 0 Å². The summed E-state index contributed by atoms with van der Waals surface area (Å²) in [5.41, 5.74) is 3.41. The van der Waals surface area contributed by atoms with Crippen LogP contribution < -0.4 is 0 Å². The molecule has 1 unspecified atom stereocenters. The first kappa shape index (κ1) is 13.6. The van der Waals surface area contributed by atoms with E-state index in [1.54, 1.807) is 0 Å². The number of hydrogen-bond donors (Lipinski definition) is 1. The molecule has 4 heteroatoms. The van der Waals surface area contributed by atoms with Crippen molar-refractivity contribution in [3.63, 3.8) is 0 Å². The van der Waals surface area contributed by atoms with Gasteiger partial charge < -0.3 is 9.84 Å². The summed E-state index contributed by atoms with van der Waals surface area (Å²) in [4.78, 5) is 0. The molecule has 1 fully saturated rings. The molecule has 1 aromatic heterocycles. The zero-order valence-corrected chi connectivity index (χ0v) is 11.6. The summed E-state index contributed by atoms with van der Waals surface area (Å²) >= 11 is 0. The van der Waals surface area contributed by atoms with Gasteiger partial charge in [-0.1, -0.05) is 0 Å². The van der Waals surface area contributed by atoms with Crippen LogP contribution in [0.4, 0.5) is 0 Å². The lowest BCUT2D eigenvalue weighted by molar-refractivity contribution is 0.0438. The zero-order valence-electron chi connectivity index (χ0n) is 11.6. The molecule has 0 amide bonds. The molecule has 1 N–H and O–H groups in total. The lowest BCUT2D eigenvalue weighted by Crippen LogP contribution is -2.22. The molecule has 0 aliphatic carbocycles. The predicted octanol–water partition coefficient (Wildman–Crippen LogP) is 1.76. The van der Waals surface area contributed by atoms with E-state index in [-0.39, 0.29) is 6.10 Å². The second-order valence-corrected chi connectivity index (χ2v) is 5.42. The Morgan fingerprint density at radius 2 is 2.06 bits per heavy atom. The standard InChI is InChI=1S/C14H24N2O2/c1-10-14(11(2)16(3)15-10)9-13(17)8-12-4-6-18-7-5-12/h12-13,17H,4-9H2,1-3H3. The minimum atomic E-state index is -0.255. The fourth-order valence-electron chi connectivity index (χ4n) is 2.80. The summed E-state index contributed by atoms with van der Waals surface area (Å²) in [7, 11) is 1.96. The van der Waals surface area contributed by atoms with E-state index in [2.05, 4.69) is 12.0 Å². The fourth-order valence-corrected chi connectivity index (χ4v) is 2.80. The third kappa shape index (κ3) is 3.12. The normalized spacial score (nSPS) is 19.1. The maximum Gasteiger partial charge on any atom is 0.0629 e. The van der Waals surface area contributed by atoms with Gasteiger partial charge in [-0.3, -0.25) is 4.68 Å². The van der Waals surface area contributed by atoms with Crippen molar-refractivity contribution in [2.45, 2.75) is 45.6 Å². The largest absolute Gasteiger partial charge is 0.393 e. The highest BCUT2D eigenvalue weighted by atomic mass is 16.5. The minimum Gasteiger partial charge on any atom is -0.393 e. The van der Waals surface area contributed by atoms with Crippen LogP contribution in [0.5, 0.6) is 0 Å². The number of hydrogen-bond acceptors (Lipinski definition) is 3. The van der Waals surface area contributed by atoms with Gasteiger partial charge in [0.05, 0.1) is 11.8 Å². The SMILES string of the molecule is Cc1nn(C)c(C)c1CC(O)CC1CCOCC1. The Morgan fingerprint density at radius 3 is 2.61 bits per heavy atom. The monoisotopic (exact) mass is 252 g/mol. The summed E-state index contributed by atoms with van der Waals surface area (Å²) in [5, 5.41) is 14.6. The van der Waals surface area contributed by atoms with E-state index in [0.29, 0.717) is 5.92 Å². The van der Waals surface area contributed by atoms with Crippen molar-refractivity contribution >= 4 is 0 Å². The number of nitrogens with zero attached hydrogens (tertiary/aromatic N) is 2. The molecule has 0 radical (unpaired) electrons. The van der Waals surface area contributed by atoms with Gasteiger partial charge in [0, 0.05) is 32.4 Å². The summed E-state index contributed by atoms with van der Waals surface area (Å²) in [5.74, 6) is 0.617. The molecule has 2 heterocycles. The fraction of sp³-hybridized carbons (Fsp3) is 0.786. The van der Waals surface area contributed by atoms with Gasteiger partial charge >= 0.3 is 0 Å². The van der Waals surface area contributed by atoms with E-state index < -0.39 is 0 Å². The van der Waals surface area contributed by atoms with Crippen molar-refractivity contribution in [1.29, 1.82) is 0 Å². The van der Waals surface area contributed by atoms with Crippen LogP contribution in [-0.2, 0) is 18.2 Å². The van der Waals surface area contributed by atoms with Crippen LogP contribution in [0.3, 0.4) is 0 Å². The molecular weight excluding hydrogens is 228 g/mol. The minimum absolute atomic E-state index is 0.255. The van der Waals surface area contributed by atoms with Crippen LogP contribution in [0.1, 0.15) is 36.2 Å². The van der Waals surface area contributed by atoms with Gasteiger partial charge in [0.2, 0.25) is 0 Å². The van der Waals surface area contributed by atoms with Crippen LogP contribution in [0.15, 0.2) is 0 Å². The van der Waals surface area contributed by atoms with Crippen molar-refractivity contribution in [1.82, 2.24) is 9.78 Å². The maximum atomic E-state index is 10.2. The molecule has 1 saturated heterocycles. The molecule has 0 spiro atoms. The number of aromatic nitrogens is 2. The molecule has 2 rings (SSSR count). The molecule has 0 aromatic carbocycles. The van der Waals surface area contributed by atoms with Gasteiger partial charge in [-0.15, -0.1) is 0 Å². The van der Waals surface area contributed by atoms with Gasteiger partial charge in [0.15, 0.2) is 0 Å². The Bertz CT molecular complexity index is 395. The number of rotatable bonds is 4. The van der Waals surface area contributed by atoms with Crippen LogP contribution in [0.2, 0.25) is 0 Å². The molecule has 1 aliphatic heterocycles. The summed E-state index contributed by atoms with van der Waals surface area (Å²) in [6.07, 6.45) is 3.53. The zero-order chi connectivity index (χ0) is 13.1. The first-order valence-electron chi connectivity index (χ1n) is 6.82. The highest BCUT2D eigenvalue weighted by Crippen LogP contribution is 2.23. The van der Waals surface area contributed by atoms with E-state index in [1.165, 1.54) is 11.3 Å². The van der Waals surface area contributed by atoms with E-state index in [9.17, 15) is 5.11 Å². The van der Waals surface area contributed by atoms with E-state index >= 15 is 0 Å². The number of aliphatic hydroxyl groups is 1. The highest BCUT2D eigenvalue weighted by Gasteiger charge is 2.20. The number of ether oxygens (including phenoxy) is 1. The second kappa shape index (κ2) is 5.85. The molecule has 0 bridgehead atoms. The lowest BCUT2D eigenvalue weighted by atomic mass is 9.91. The van der Waals surface area contributed by atoms with Crippen molar-refractivity contribution in [2.24, 2.45) is 13.0 Å². The van der Waals surface area contributed by atoms with E-state index in [0.717, 1.165) is 44.6 Å². The van der Waals surface area contributed by atoms with Crippen molar-refractivity contribution in [3.05, 3.63) is 17.0 Å². The summed E-state index contributed by atoms with van der Waals surface area (Å²) in [6.45, 7) is 5.78. The van der Waals surface area contributed by atoms with Crippen molar-refractivity contribution in [2.75, 3.05) is 13.2 Å². The molecule has 18 heavy (non-hydrogen) atoms. The van der Waals surface area contributed by atoms with Gasteiger partial charge in [0.1, 0.15) is 0 Å². The van der Waals surface area contributed by atoms with Crippen LogP contribution in [0, 0.1) is 19.8 Å². The first-order chi connectivity index (χ1) is 8.58. The highest BCUT2D eigenvalue weighted by molar-refractivity contribution is 5.25. The topological polar surface area (TPSA) is 47.3 Å². The first-order valence-corrected chi connectivity index (χ1v) is 6.82. The lowest BCUT2D eigenvalue weighted by Gasteiger charge is -2.24. The quantitative estimate of drug-likeness (QED) is 0.888. The Morgan fingerprint density at radius 1 is 1.39 bits per heavy atom. The third-order valence-electron chi connectivity index (χ3n) is 4.04. The number of aliphatic hydroxyl groups excluding tert-OH is 1. The maximum absolute atomic E-state index is 10.2. The Balaban J connectivity index is 1.91. The third-order valence-corrected chi connectivity index (χ3v) is 4.04. The molecular formula is C14H24N2O2. The predicted molar refractivity (Wildman–Crippen MR) is 70.6 cm³/mol. The van der Waals surface area contributed by atoms with Crippen molar-refractivity contribution < 1.29 is 9.84 Å². The Kier molecular flexibility index (Phi) is 4.40. The Labute approximate surface area is 109 Å². The Hall–Kier alpha value is -0.870. The van der Waals surface area contributed by atoms with E-state index in [1.807, 2.05) is 18.7 Å². The van der Waals surface area contributed by atoms with Gasteiger partial charge in [-0.25, -0.2) is 0 Å². The molecule has 0 saturated carbocycles. The second-order valence-electron chi connectivity index (χ2n) is 5.42. The molecule has 1 aromatic rings. The van der Waals surface area contributed by atoms with Crippen LogP contribution in [-0.4, -0.2) is 34.2 Å². The summed E-state index contributed by atoms with van der Waals surface area (Å²) in [6, 6.07) is 0. The van der Waals surface area contributed by atoms with Crippen LogP contribution in [0.25, 0.3) is 0 Å². The molecule has 1 aliphatic rings. The average Bonchev–Trinajstić information content (AvgIpc) is 2.57. The summed E-state index contributed by atoms with van der Waals surface area (Å²) < 4.78 is 7.24. The molecule has 4 nitrogen and oxygen atoms in total. The van der Waals surface area contributed by atoms with Gasteiger partial charge in [0.25, 0.3) is 0 Å². The van der Waals surface area contributed by atoms with Gasteiger partial charge in [-0.05, 0) is 44.6 Å². The smallest absolute Gasteiger partial charge is 0.0629 e.